The van der Waals surface area contributed by atoms with Gasteiger partial charge in [-0.1, -0.05) is 18.2 Å². The van der Waals surface area contributed by atoms with Crippen LogP contribution in [0.1, 0.15) is 18.4 Å². The SMILES string of the molecule is Cc1ccccc1NC(=O)NCC1(C(=O)O)CCOCC1. The largest absolute Gasteiger partial charge is 0.481 e. The number of hydrogen-bond donors (Lipinski definition) is 3. The van der Waals surface area contributed by atoms with Crippen molar-refractivity contribution < 1.29 is 19.4 Å². The summed E-state index contributed by atoms with van der Waals surface area (Å²) in [5, 5.41) is 14.8. The number of ether oxygens (including phenoxy) is 1. The Morgan fingerprint density at radius 1 is 1.29 bits per heavy atom. The van der Waals surface area contributed by atoms with Gasteiger partial charge < -0.3 is 20.5 Å². The topological polar surface area (TPSA) is 87.7 Å². The second-order valence-corrected chi connectivity index (χ2v) is 5.32. The summed E-state index contributed by atoms with van der Waals surface area (Å²) in [6.07, 6.45) is 0.819. The number of aryl methyl sites for hydroxylation is 1. The van der Waals surface area contributed by atoms with E-state index in [-0.39, 0.29) is 6.54 Å². The van der Waals surface area contributed by atoms with E-state index in [9.17, 15) is 14.7 Å². The van der Waals surface area contributed by atoms with Crippen LogP contribution in [-0.2, 0) is 9.53 Å². The molecule has 6 nitrogen and oxygen atoms in total. The van der Waals surface area contributed by atoms with Crippen molar-refractivity contribution in [2.24, 2.45) is 5.41 Å². The Morgan fingerprint density at radius 2 is 1.95 bits per heavy atom. The molecular weight excluding hydrogens is 272 g/mol. The van der Waals surface area contributed by atoms with Gasteiger partial charge in [-0.05, 0) is 31.4 Å². The van der Waals surface area contributed by atoms with Gasteiger partial charge in [-0.25, -0.2) is 4.79 Å². The standard InChI is InChI=1S/C15H20N2O4/c1-11-4-2-3-5-12(11)17-14(20)16-10-15(13(18)19)6-8-21-9-7-15/h2-5H,6-10H2,1H3,(H,18,19)(H2,16,17,20). The van der Waals surface area contributed by atoms with Crippen molar-refractivity contribution in [3.8, 4) is 0 Å². The maximum absolute atomic E-state index is 11.9. The molecule has 2 rings (SSSR count). The minimum Gasteiger partial charge on any atom is -0.481 e. The Morgan fingerprint density at radius 3 is 2.57 bits per heavy atom. The monoisotopic (exact) mass is 292 g/mol. The van der Waals surface area contributed by atoms with E-state index in [0.717, 1.165) is 5.56 Å². The Kier molecular flexibility index (Phi) is 4.80. The van der Waals surface area contributed by atoms with Crippen LogP contribution in [0, 0.1) is 12.3 Å². The van der Waals surface area contributed by atoms with Crippen molar-refractivity contribution in [3.05, 3.63) is 29.8 Å². The summed E-state index contributed by atoms with van der Waals surface area (Å²) in [5.41, 5.74) is 0.736. The molecule has 0 bridgehead atoms. The van der Waals surface area contributed by atoms with Crippen LogP contribution in [0.4, 0.5) is 10.5 Å². The Labute approximate surface area is 123 Å². The van der Waals surface area contributed by atoms with E-state index < -0.39 is 17.4 Å². The van der Waals surface area contributed by atoms with Crippen LogP contribution in [0.15, 0.2) is 24.3 Å². The van der Waals surface area contributed by atoms with Gasteiger partial charge in [-0.3, -0.25) is 4.79 Å². The second-order valence-electron chi connectivity index (χ2n) is 5.32. The fraction of sp³-hybridized carbons (Fsp3) is 0.467. The van der Waals surface area contributed by atoms with Crippen molar-refractivity contribution in [2.45, 2.75) is 19.8 Å². The first-order valence-electron chi connectivity index (χ1n) is 6.95. The third-order valence-electron chi connectivity index (χ3n) is 3.88. The van der Waals surface area contributed by atoms with Crippen molar-refractivity contribution in [1.82, 2.24) is 5.32 Å². The molecule has 1 saturated heterocycles. The molecule has 0 aliphatic carbocycles. The number of amides is 2. The lowest BCUT2D eigenvalue weighted by Crippen LogP contribution is -2.47. The van der Waals surface area contributed by atoms with Crippen LogP contribution in [0.3, 0.4) is 0 Å². The molecule has 6 heteroatoms. The summed E-state index contributed by atoms with van der Waals surface area (Å²) in [6.45, 7) is 2.82. The minimum absolute atomic E-state index is 0.101. The van der Waals surface area contributed by atoms with Crippen LogP contribution in [-0.4, -0.2) is 36.9 Å². The van der Waals surface area contributed by atoms with Crippen LogP contribution in [0.2, 0.25) is 0 Å². The van der Waals surface area contributed by atoms with Gasteiger partial charge in [0, 0.05) is 25.4 Å². The van der Waals surface area contributed by atoms with Gasteiger partial charge in [-0.2, -0.15) is 0 Å². The van der Waals surface area contributed by atoms with E-state index in [1.54, 1.807) is 6.07 Å². The van der Waals surface area contributed by atoms with Gasteiger partial charge >= 0.3 is 12.0 Å². The number of benzene rings is 1. The zero-order chi connectivity index (χ0) is 15.3. The zero-order valence-electron chi connectivity index (χ0n) is 12.0. The van der Waals surface area contributed by atoms with Crippen LogP contribution >= 0.6 is 0 Å². The third kappa shape index (κ3) is 3.72. The van der Waals surface area contributed by atoms with Gasteiger partial charge in [0.25, 0.3) is 0 Å². The summed E-state index contributed by atoms with van der Waals surface area (Å²) in [4.78, 5) is 23.4. The average Bonchev–Trinajstić information content (AvgIpc) is 2.48. The maximum atomic E-state index is 11.9. The molecule has 1 fully saturated rings. The molecule has 0 spiro atoms. The molecule has 0 saturated carbocycles. The predicted molar refractivity (Wildman–Crippen MR) is 78.3 cm³/mol. The maximum Gasteiger partial charge on any atom is 0.319 e. The number of carboxylic acid groups (broad SMARTS) is 1. The molecule has 0 unspecified atom stereocenters. The fourth-order valence-electron chi connectivity index (χ4n) is 2.36. The number of urea groups is 1. The molecule has 1 aromatic rings. The van der Waals surface area contributed by atoms with Crippen LogP contribution < -0.4 is 10.6 Å². The number of carbonyl (C=O) groups is 2. The Hall–Kier alpha value is -2.08. The summed E-state index contributed by atoms with van der Waals surface area (Å²) in [6, 6.07) is 7.03. The normalized spacial score (nSPS) is 17.0. The molecular formula is C15H20N2O4. The van der Waals surface area contributed by atoms with Crippen molar-refractivity contribution in [2.75, 3.05) is 25.1 Å². The molecule has 1 aliphatic heterocycles. The number of para-hydroxylation sites is 1. The van der Waals surface area contributed by atoms with E-state index >= 15 is 0 Å². The van der Waals surface area contributed by atoms with E-state index in [4.69, 9.17) is 4.74 Å². The molecule has 0 aromatic heterocycles. The number of anilines is 1. The molecule has 21 heavy (non-hydrogen) atoms. The highest BCUT2D eigenvalue weighted by atomic mass is 16.5. The third-order valence-corrected chi connectivity index (χ3v) is 3.88. The Balaban J connectivity index is 1.93. The molecule has 1 aliphatic rings. The van der Waals surface area contributed by atoms with Crippen molar-refractivity contribution in [3.63, 3.8) is 0 Å². The number of rotatable bonds is 4. The number of nitrogens with one attached hydrogen (secondary N) is 2. The summed E-state index contributed by atoms with van der Waals surface area (Å²) in [7, 11) is 0. The first-order valence-corrected chi connectivity index (χ1v) is 6.95. The highest BCUT2D eigenvalue weighted by Crippen LogP contribution is 2.30. The number of carbonyl (C=O) groups excluding carboxylic acids is 1. The van der Waals surface area contributed by atoms with Crippen molar-refractivity contribution in [1.29, 1.82) is 0 Å². The second kappa shape index (κ2) is 6.58. The predicted octanol–water partition coefficient (Wildman–Crippen LogP) is 2.00. The van der Waals surface area contributed by atoms with Crippen LogP contribution in [0.25, 0.3) is 0 Å². The first-order chi connectivity index (χ1) is 10.0. The van der Waals surface area contributed by atoms with E-state index in [0.29, 0.717) is 31.7 Å². The highest BCUT2D eigenvalue weighted by molar-refractivity contribution is 5.90. The fourth-order valence-corrected chi connectivity index (χ4v) is 2.36. The van der Waals surface area contributed by atoms with E-state index in [1.165, 1.54) is 0 Å². The molecule has 3 N–H and O–H groups in total. The molecule has 1 aromatic carbocycles. The van der Waals surface area contributed by atoms with Gasteiger partial charge in [-0.15, -0.1) is 0 Å². The average molecular weight is 292 g/mol. The van der Waals surface area contributed by atoms with E-state index in [2.05, 4.69) is 10.6 Å². The number of aliphatic carboxylic acids is 1. The highest BCUT2D eigenvalue weighted by Gasteiger charge is 2.40. The number of hydrogen-bond acceptors (Lipinski definition) is 3. The quantitative estimate of drug-likeness (QED) is 0.792. The lowest BCUT2D eigenvalue weighted by molar-refractivity contribution is -0.154. The molecule has 2 amide bonds. The molecule has 0 radical (unpaired) electrons. The van der Waals surface area contributed by atoms with Gasteiger partial charge in [0.15, 0.2) is 0 Å². The molecule has 114 valence electrons. The summed E-state index contributed by atoms with van der Waals surface area (Å²) < 4.78 is 5.20. The smallest absolute Gasteiger partial charge is 0.319 e. The summed E-state index contributed by atoms with van der Waals surface area (Å²) in [5.74, 6) is -0.887. The van der Waals surface area contributed by atoms with Crippen LogP contribution in [0.5, 0.6) is 0 Å². The van der Waals surface area contributed by atoms with Gasteiger partial charge in [0.2, 0.25) is 0 Å². The van der Waals surface area contributed by atoms with E-state index in [1.807, 2.05) is 25.1 Å². The van der Waals surface area contributed by atoms with Gasteiger partial charge in [0.05, 0.1) is 5.41 Å². The summed E-state index contributed by atoms with van der Waals surface area (Å²) >= 11 is 0. The minimum atomic E-state index is -0.929. The lowest BCUT2D eigenvalue weighted by atomic mass is 9.80. The number of carboxylic acids is 1. The Bertz CT molecular complexity index is 524. The molecule has 1 heterocycles. The van der Waals surface area contributed by atoms with Crippen molar-refractivity contribution >= 4 is 17.7 Å². The molecule has 0 atom stereocenters. The van der Waals surface area contributed by atoms with Gasteiger partial charge in [0.1, 0.15) is 0 Å². The zero-order valence-corrected chi connectivity index (χ0v) is 12.0. The first kappa shape index (κ1) is 15.3. The lowest BCUT2D eigenvalue weighted by Gasteiger charge is -2.33.